The number of rotatable bonds is 16. The van der Waals surface area contributed by atoms with E-state index in [0.29, 0.717) is 45.5 Å². The number of alkyl halides is 1. The molecule has 0 spiro atoms. The van der Waals surface area contributed by atoms with E-state index in [4.69, 9.17) is 30.5 Å². The topological polar surface area (TPSA) is 40.2 Å². The van der Waals surface area contributed by atoms with Crippen molar-refractivity contribution in [3.8, 4) is 0 Å². The predicted molar refractivity (Wildman–Crippen MR) is 191 cm³/mol. The summed E-state index contributed by atoms with van der Waals surface area (Å²) >= 11 is 6.96. The van der Waals surface area contributed by atoms with Gasteiger partial charge in [0.05, 0.1) is 45.1 Å². The Bertz CT molecular complexity index is 1590. The minimum absolute atomic E-state index is 0.168. The fraction of sp³-hybridized carbons (Fsp3) is 0.286. The normalized spacial score (nSPS) is 21.2. The third-order valence-electron chi connectivity index (χ3n) is 8.88. The molecule has 0 aliphatic carbocycles. The Morgan fingerprint density at radius 2 is 0.771 bits per heavy atom. The molecule has 6 rings (SSSR count). The fourth-order valence-corrected chi connectivity index (χ4v) is 6.77. The summed E-state index contributed by atoms with van der Waals surface area (Å²) < 4.78 is 27.3. The van der Waals surface area contributed by atoms with Gasteiger partial charge in [-0.3, -0.25) is 4.90 Å². The summed E-state index contributed by atoms with van der Waals surface area (Å²) in [5.41, 5.74) is 5.59. The molecule has 1 saturated heterocycles. The molecule has 1 fully saturated rings. The molecular formula is C42H44ClNO4. The maximum absolute atomic E-state index is 6.96. The Labute approximate surface area is 290 Å². The van der Waals surface area contributed by atoms with Gasteiger partial charge in [0.1, 0.15) is 18.3 Å². The van der Waals surface area contributed by atoms with E-state index in [9.17, 15) is 0 Å². The molecule has 5 aromatic rings. The quantitative estimate of drug-likeness (QED) is 0.0993. The van der Waals surface area contributed by atoms with Gasteiger partial charge in [0.15, 0.2) is 0 Å². The van der Waals surface area contributed by atoms with Gasteiger partial charge in [-0.15, -0.1) is 11.6 Å². The SMILES string of the molecule is ClC[C@@H]1[C@H](OCc2ccccc2)[C@@H](OCc2ccccc2)[C@H](OCc2ccccc2)[C@@H](COCc2ccccc2)N1Cc1ccccc1. The van der Waals surface area contributed by atoms with E-state index < -0.39 is 6.10 Å². The number of likely N-dealkylation sites (tertiary alicyclic amines) is 1. The summed E-state index contributed by atoms with van der Waals surface area (Å²) in [5.74, 6) is 0.359. The lowest BCUT2D eigenvalue weighted by Crippen LogP contribution is -2.69. The number of benzene rings is 5. The Hall–Kier alpha value is -3.81. The van der Waals surface area contributed by atoms with Crippen LogP contribution in [0.2, 0.25) is 0 Å². The zero-order valence-electron chi connectivity index (χ0n) is 27.2. The summed E-state index contributed by atoms with van der Waals surface area (Å²) in [5, 5.41) is 0. The first-order valence-corrected chi connectivity index (χ1v) is 17.3. The van der Waals surface area contributed by atoms with E-state index in [-0.39, 0.29) is 24.3 Å². The van der Waals surface area contributed by atoms with Gasteiger partial charge in [0.2, 0.25) is 0 Å². The lowest BCUT2D eigenvalue weighted by Gasteiger charge is -2.52. The molecule has 0 bridgehead atoms. The number of ether oxygens (including phenoxy) is 4. The van der Waals surface area contributed by atoms with Gasteiger partial charge in [0, 0.05) is 12.4 Å². The molecule has 0 saturated carbocycles. The van der Waals surface area contributed by atoms with Crippen LogP contribution in [-0.4, -0.2) is 47.8 Å². The van der Waals surface area contributed by atoms with Gasteiger partial charge in [-0.25, -0.2) is 0 Å². The Morgan fingerprint density at radius 1 is 0.417 bits per heavy atom. The molecule has 0 aromatic heterocycles. The number of piperidine rings is 1. The highest BCUT2D eigenvalue weighted by Crippen LogP contribution is 2.35. The third-order valence-corrected chi connectivity index (χ3v) is 9.20. The summed E-state index contributed by atoms with van der Waals surface area (Å²) in [6, 6.07) is 51.3. The highest BCUT2D eigenvalue weighted by atomic mass is 35.5. The van der Waals surface area contributed by atoms with Gasteiger partial charge in [-0.05, 0) is 27.8 Å². The standard InChI is InChI=1S/C42H44ClNO4/c43-26-38-40(46-29-35-20-10-3-11-21-35)42(48-31-37-24-14-5-15-25-37)41(47-30-36-22-12-4-13-23-36)39(32-45-28-34-18-8-2-9-19-34)44(38)27-33-16-6-1-7-17-33/h1-25,38-42H,26-32H2/t38-,39-,40+,41-,42-/m1/s1. The molecule has 1 aliphatic heterocycles. The third kappa shape index (κ3) is 9.42. The predicted octanol–water partition coefficient (Wildman–Crippen LogP) is 8.45. The van der Waals surface area contributed by atoms with Crippen LogP contribution in [0.5, 0.6) is 0 Å². The lowest BCUT2D eigenvalue weighted by atomic mass is 9.87. The van der Waals surface area contributed by atoms with E-state index in [0.717, 1.165) is 22.3 Å². The Kier molecular flexibility index (Phi) is 12.8. The van der Waals surface area contributed by atoms with E-state index in [2.05, 4.69) is 77.7 Å². The molecule has 5 aromatic carbocycles. The molecule has 0 radical (unpaired) electrons. The highest BCUT2D eigenvalue weighted by Gasteiger charge is 2.51. The summed E-state index contributed by atoms with van der Waals surface area (Å²) in [6.45, 7) is 2.89. The van der Waals surface area contributed by atoms with Crippen LogP contribution in [0.15, 0.2) is 152 Å². The number of nitrogens with zero attached hydrogens (tertiary/aromatic N) is 1. The molecule has 5 nitrogen and oxygen atoms in total. The molecule has 0 amide bonds. The second-order valence-electron chi connectivity index (χ2n) is 12.2. The highest BCUT2D eigenvalue weighted by molar-refractivity contribution is 6.18. The smallest absolute Gasteiger partial charge is 0.113 e. The van der Waals surface area contributed by atoms with Crippen molar-refractivity contribution in [2.45, 2.75) is 63.4 Å². The minimum Gasteiger partial charge on any atom is -0.375 e. The van der Waals surface area contributed by atoms with Gasteiger partial charge in [-0.1, -0.05) is 152 Å². The maximum Gasteiger partial charge on any atom is 0.113 e. The van der Waals surface area contributed by atoms with Crippen LogP contribution in [0.25, 0.3) is 0 Å². The summed E-state index contributed by atoms with van der Waals surface area (Å²) in [6.07, 6.45) is -1.17. The van der Waals surface area contributed by atoms with Gasteiger partial charge >= 0.3 is 0 Å². The van der Waals surface area contributed by atoms with E-state index >= 15 is 0 Å². The van der Waals surface area contributed by atoms with Crippen LogP contribution in [0.3, 0.4) is 0 Å². The van der Waals surface area contributed by atoms with Crippen LogP contribution in [0, 0.1) is 0 Å². The zero-order valence-corrected chi connectivity index (χ0v) is 28.0. The average molecular weight is 662 g/mol. The van der Waals surface area contributed by atoms with Crippen LogP contribution in [0.1, 0.15) is 27.8 Å². The first-order chi connectivity index (χ1) is 23.8. The number of hydrogen-bond acceptors (Lipinski definition) is 5. The van der Waals surface area contributed by atoms with E-state index in [1.54, 1.807) is 0 Å². The van der Waals surface area contributed by atoms with E-state index in [1.807, 2.05) is 78.9 Å². The minimum atomic E-state index is -0.418. The first kappa shape index (κ1) is 34.1. The van der Waals surface area contributed by atoms with Gasteiger partial charge in [-0.2, -0.15) is 0 Å². The largest absolute Gasteiger partial charge is 0.375 e. The Balaban J connectivity index is 1.37. The molecule has 1 heterocycles. The number of hydrogen-bond donors (Lipinski definition) is 0. The second kappa shape index (κ2) is 18.1. The van der Waals surface area contributed by atoms with Crippen LogP contribution in [-0.2, 0) is 51.9 Å². The van der Waals surface area contributed by atoms with Crippen molar-refractivity contribution < 1.29 is 18.9 Å². The monoisotopic (exact) mass is 661 g/mol. The van der Waals surface area contributed by atoms with Crippen molar-refractivity contribution in [1.82, 2.24) is 4.90 Å². The molecule has 1 aliphatic rings. The van der Waals surface area contributed by atoms with Crippen LogP contribution < -0.4 is 0 Å². The summed E-state index contributed by atoms with van der Waals surface area (Å²) in [4.78, 5) is 2.43. The van der Waals surface area contributed by atoms with Crippen molar-refractivity contribution >= 4 is 11.6 Å². The lowest BCUT2D eigenvalue weighted by molar-refractivity contribution is -0.228. The molecular weight excluding hydrogens is 618 g/mol. The fourth-order valence-electron chi connectivity index (χ4n) is 6.42. The second-order valence-corrected chi connectivity index (χ2v) is 12.5. The van der Waals surface area contributed by atoms with Gasteiger partial charge < -0.3 is 18.9 Å². The van der Waals surface area contributed by atoms with Crippen molar-refractivity contribution in [1.29, 1.82) is 0 Å². The average Bonchev–Trinajstić information content (AvgIpc) is 3.15. The van der Waals surface area contributed by atoms with Crippen LogP contribution in [0.4, 0.5) is 0 Å². The molecule has 248 valence electrons. The van der Waals surface area contributed by atoms with Crippen molar-refractivity contribution in [3.05, 3.63) is 179 Å². The zero-order chi connectivity index (χ0) is 32.8. The van der Waals surface area contributed by atoms with E-state index in [1.165, 1.54) is 5.56 Å². The van der Waals surface area contributed by atoms with Crippen molar-refractivity contribution in [2.24, 2.45) is 0 Å². The molecule has 48 heavy (non-hydrogen) atoms. The van der Waals surface area contributed by atoms with Crippen molar-refractivity contribution in [3.63, 3.8) is 0 Å². The summed E-state index contributed by atoms with van der Waals surface area (Å²) in [7, 11) is 0. The molecule has 5 atom stereocenters. The molecule has 6 heteroatoms. The Morgan fingerprint density at radius 3 is 1.19 bits per heavy atom. The van der Waals surface area contributed by atoms with Crippen LogP contribution >= 0.6 is 11.6 Å². The van der Waals surface area contributed by atoms with Gasteiger partial charge in [0.25, 0.3) is 0 Å². The molecule has 0 unspecified atom stereocenters. The first-order valence-electron chi connectivity index (χ1n) is 16.7. The number of halogens is 1. The molecule has 0 N–H and O–H groups in total. The maximum atomic E-state index is 6.96. The van der Waals surface area contributed by atoms with Crippen molar-refractivity contribution in [2.75, 3.05) is 12.5 Å².